The molecule has 4 aliphatic rings. The Morgan fingerprint density at radius 2 is 1.50 bits per heavy atom. The number of nitro benzene ring substituents is 1. The number of anilines is 3. The minimum atomic E-state index is -0.453. The molecule has 0 amide bonds. The molecule has 1 aliphatic carbocycles. The maximum atomic E-state index is 14.2. The molecular weight excluding hydrogens is 548 g/mol. The number of fused-ring (bicyclic) bond motifs is 4. The van der Waals surface area contributed by atoms with E-state index < -0.39 is 6.04 Å². The lowest BCUT2D eigenvalue weighted by molar-refractivity contribution is -0.384. The lowest BCUT2D eigenvalue weighted by Crippen LogP contribution is -2.37. The van der Waals surface area contributed by atoms with E-state index in [-0.39, 0.29) is 21.8 Å². The monoisotopic (exact) mass is 592 g/mol. The summed E-state index contributed by atoms with van der Waals surface area (Å²) in [6.45, 7) is 12.4. The molecule has 0 saturated carbocycles. The number of nitrogens with zero attached hydrogens (tertiary/aromatic N) is 3. The summed E-state index contributed by atoms with van der Waals surface area (Å²) in [5, 5.41) is 18.8. The van der Waals surface area contributed by atoms with E-state index in [1.807, 2.05) is 6.07 Å². The van der Waals surface area contributed by atoms with Crippen molar-refractivity contribution in [1.82, 2.24) is 0 Å². The van der Waals surface area contributed by atoms with Crippen LogP contribution in [0.5, 0.6) is 0 Å². The second-order valence-corrected chi connectivity index (χ2v) is 14.6. The highest BCUT2D eigenvalue weighted by atomic mass is 16.6. The molecule has 230 valence electrons. The molecule has 2 saturated heterocycles. The van der Waals surface area contributed by atoms with Crippen LogP contribution in [0.1, 0.15) is 83.4 Å². The number of allylic oxidation sites excluding steroid dienone is 1. The summed E-state index contributed by atoms with van der Waals surface area (Å²) in [5.41, 5.74) is 6.55. The topological polar surface area (TPSA) is 78.7 Å². The maximum Gasteiger partial charge on any atom is 0.293 e. The average molecular weight is 593 g/mol. The number of carbonyl (C=O) groups excluding carboxylic acids is 1. The highest BCUT2D eigenvalue weighted by Gasteiger charge is 2.43. The predicted octanol–water partition coefficient (Wildman–Crippen LogP) is 8.53. The van der Waals surface area contributed by atoms with E-state index in [0.29, 0.717) is 23.9 Å². The molecule has 0 spiro atoms. The first-order chi connectivity index (χ1) is 21.1. The molecule has 3 aromatic carbocycles. The van der Waals surface area contributed by atoms with Gasteiger partial charge in [-0.2, -0.15) is 0 Å². The third-order valence-corrected chi connectivity index (χ3v) is 10.6. The highest BCUT2D eigenvalue weighted by Crippen LogP contribution is 2.54. The summed E-state index contributed by atoms with van der Waals surface area (Å²) in [4.78, 5) is 31.4. The normalized spacial score (nSPS) is 22.5. The zero-order valence-corrected chi connectivity index (χ0v) is 26.5. The van der Waals surface area contributed by atoms with E-state index >= 15 is 0 Å². The van der Waals surface area contributed by atoms with Crippen LogP contribution in [0.3, 0.4) is 0 Å². The number of Topliss-reactive ketones (excluding diaryl/α,β-unsaturated/α-hetero) is 1. The van der Waals surface area contributed by atoms with Crippen LogP contribution in [0.15, 0.2) is 54.1 Å². The Morgan fingerprint density at radius 1 is 0.864 bits per heavy atom. The van der Waals surface area contributed by atoms with E-state index in [9.17, 15) is 14.9 Å². The van der Waals surface area contributed by atoms with Crippen LogP contribution in [0.2, 0.25) is 0 Å². The zero-order valence-electron chi connectivity index (χ0n) is 26.5. The average Bonchev–Trinajstić information content (AvgIpc) is 3.00. The van der Waals surface area contributed by atoms with Crippen LogP contribution < -0.4 is 15.1 Å². The number of nitrogens with one attached hydrogen (secondary N) is 1. The van der Waals surface area contributed by atoms with Gasteiger partial charge in [0.15, 0.2) is 5.78 Å². The molecule has 3 aromatic rings. The molecule has 7 rings (SSSR count). The minimum absolute atomic E-state index is 0.139. The van der Waals surface area contributed by atoms with Crippen LogP contribution in [-0.4, -0.2) is 36.9 Å². The maximum absolute atomic E-state index is 14.2. The van der Waals surface area contributed by atoms with Crippen LogP contribution in [0.4, 0.5) is 22.7 Å². The van der Waals surface area contributed by atoms with Crippen molar-refractivity contribution in [2.45, 2.75) is 72.3 Å². The molecule has 2 fully saturated rings. The highest BCUT2D eigenvalue weighted by molar-refractivity contribution is 6.13. The summed E-state index contributed by atoms with van der Waals surface area (Å²) >= 11 is 0. The van der Waals surface area contributed by atoms with Crippen molar-refractivity contribution in [1.29, 1.82) is 0 Å². The van der Waals surface area contributed by atoms with Gasteiger partial charge >= 0.3 is 0 Å². The second kappa shape index (κ2) is 10.9. The molecule has 1 unspecified atom stereocenters. The number of nitro groups is 1. The number of hydrogen-bond acceptors (Lipinski definition) is 6. The Morgan fingerprint density at radius 3 is 2.16 bits per heavy atom. The van der Waals surface area contributed by atoms with Crippen molar-refractivity contribution in [2.24, 2.45) is 17.3 Å². The van der Waals surface area contributed by atoms with Gasteiger partial charge in [-0.05, 0) is 77.8 Å². The standard InChI is InChI=1S/C37H44N4O3/c1-23-11-15-39(16-12-23)30-20-31(40-17-13-24(2)14-18-40)32(41(43)44)19-27(30)36-35-28(21-37(3,4)22-33(35)42)34-26-8-6-5-7-25(26)9-10-29(34)38-36/h5-10,19-20,23-24,36,38H,11-18,21-22H2,1-4H3. The van der Waals surface area contributed by atoms with Gasteiger partial charge in [0.25, 0.3) is 5.69 Å². The molecule has 3 heterocycles. The van der Waals surface area contributed by atoms with Crippen molar-refractivity contribution >= 4 is 44.9 Å². The van der Waals surface area contributed by atoms with E-state index in [1.165, 1.54) is 0 Å². The molecule has 0 bridgehead atoms. The lowest BCUT2D eigenvalue weighted by atomic mass is 9.67. The summed E-state index contributed by atoms with van der Waals surface area (Å²) in [6, 6.07) is 16.1. The Kier molecular flexibility index (Phi) is 7.18. The quantitative estimate of drug-likeness (QED) is 0.242. The number of hydrogen-bond donors (Lipinski definition) is 1. The van der Waals surface area contributed by atoms with Gasteiger partial charge in [0.2, 0.25) is 0 Å². The Hall–Kier alpha value is -3.87. The van der Waals surface area contributed by atoms with Crippen molar-refractivity contribution in [3.8, 4) is 0 Å². The number of benzene rings is 3. The van der Waals surface area contributed by atoms with E-state index in [1.54, 1.807) is 0 Å². The van der Waals surface area contributed by atoms with Crippen LogP contribution >= 0.6 is 0 Å². The van der Waals surface area contributed by atoms with Gasteiger partial charge in [-0.15, -0.1) is 0 Å². The number of carbonyl (C=O) groups is 1. The second-order valence-electron chi connectivity index (χ2n) is 14.6. The largest absolute Gasteiger partial charge is 0.373 e. The fraction of sp³-hybridized carbons (Fsp3) is 0.486. The van der Waals surface area contributed by atoms with Crippen LogP contribution in [0, 0.1) is 27.4 Å². The molecule has 0 aromatic heterocycles. The first-order valence-corrected chi connectivity index (χ1v) is 16.5. The van der Waals surface area contributed by atoms with Crippen molar-refractivity contribution in [3.63, 3.8) is 0 Å². The van der Waals surface area contributed by atoms with Gasteiger partial charge in [-0.25, -0.2) is 0 Å². The summed E-state index contributed by atoms with van der Waals surface area (Å²) in [7, 11) is 0. The number of rotatable bonds is 4. The molecule has 1 atom stereocenters. The van der Waals surface area contributed by atoms with Gasteiger partial charge in [0.05, 0.1) is 11.0 Å². The molecule has 7 heteroatoms. The fourth-order valence-electron chi connectivity index (χ4n) is 8.06. The van der Waals surface area contributed by atoms with Gasteiger partial charge in [-0.1, -0.05) is 58.0 Å². The Bertz CT molecular complexity index is 1680. The third-order valence-electron chi connectivity index (χ3n) is 10.6. The minimum Gasteiger partial charge on any atom is -0.373 e. The first-order valence-electron chi connectivity index (χ1n) is 16.5. The molecular formula is C37H44N4O3. The molecule has 7 nitrogen and oxygen atoms in total. The number of piperidine rings is 2. The summed E-state index contributed by atoms with van der Waals surface area (Å²) in [5.74, 6) is 1.42. The van der Waals surface area contributed by atoms with Crippen LogP contribution in [0.25, 0.3) is 16.3 Å². The number of ketones is 1. The van der Waals surface area contributed by atoms with Crippen molar-refractivity contribution in [3.05, 3.63) is 75.3 Å². The van der Waals surface area contributed by atoms with E-state index in [2.05, 4.69) is 85.3 Å². The Balaban J connectivity index is 1.45. The molecule has 44 heavy (non-hydrogen) atoms. The van der Waals surface area contributed by atoms with E-state index in [0.717, 1.165) is 103 Å². The third kappa shape index (κ3) is 5.04. The molecule has 1 N–H and O–H groups in total. The fourth-order valence-corrected chi connectivity index (χ4v) is 8.06. The van der Waals surface area contributed by atoms with Gasteiger partial charge in [0, 0.05) is 66.7 Å². The SMILES string of the molecule is CC1CCN(c2cc(N3CCC(C)CC3)c([N+](=O)[O-])cc2C2Nc3ccc4ccccc4c3C3=C2C(=O)CC(C)(C)C3)CC1. The van der Waals surface area contributed by atoms with Gasteiger partial charge in [-0.3, -0.25) is 14.9 Å². The predicted molar refractivity (Wildman–Crippen MR) is 180 cm³/mol. The van der Waals surface area contributed by atoms with Crippen molar-refractivity contribution in [2.75, 3.05) is 41.3 Å². The Labute approximate surface area is 260 Å². The first kappa shape index (κ1) is 28.9. The van der Waals surface area contributed by atoms with Gasteiger partial charge < -0.3 is 15.1 Å². The van der Waals surface area contributed by atoms with Crippen LogP contribution in [-0.2, 0) is 4.79 Å². The smallest absolute Gasteiger partial charge is 0.293 e. The summed E-state index contributed by atoms with van der Waals surface area (Å²) < 4.78 is 0. The van der Waals surface area contributed by atoms with Crippen molar-refractivity contribution < 1.29 is 9.72 Å². The molecule has 3 aliphatic heterocycles. The lowest BCUT2D eigenvalue weighted by Gasteiger charge is -2.42. The zero-order chi connectivity index (χ0) is 30.7. The molecule has 0 radical (unpaired) electrons. The van der Waals surface area contributed by atoms with Gasteiger partial charge in [0.1, 0.15) is 5.69 Å². The summed E-state index contributed by atoms with van der Waals surface area (Å²) in [6.07, 6.45) is 5.49. The van der Waals surface area contributed by atoms with E-state index in [4.69, 9.17) is 0 Å².